The van der Waals surface area contributed by atoms with Gasteiger partial charge in [0.2, 0.25) is 0 Å². The van der Waals surface area contributed by atoms with Crippen LogP contribution in [0.1, 0.15) is 36.9 Å². The number of allylic oxidation sites excluding steroid dienone is 1. The minimum Gasteiger partial charge on any atom is -0.361 e. The van der Waals surface area contributed by atoms with Crippen molar-refractivity contribution < 1.29 is 17.9 Å². The van der Waals surface area contributed by atoms with Crippen molar-refractivity contribution in [1.82, 2.24) is 19.6 Å². The normalized spacial score (nSPS) is 15.5. The smallest absolute Gasteiger partial charge is 0.165 e. The van der Waals surface area contributed by atoms with Crippen LogP contribution in [0.15, 0.2) is 61.4 Å². The molecule has 0 radical (unpaired) electrons. The van der Waals surface area contributed by atoms with Crippen molar-refractivity contribution in [2.45, 2.75) is 77.1 Å². The highest BCUT2D eigenvalue weighted by Gasteiger charge is 2.32. The quantitative estimate of drug-likeness (QED) is 0.0689. The Bertz CT molecular complexity index is 1810. The first kappa shape index (κ1) is 37.1. The van der Waals surface area contributed by atoms with E-state index in [9.17, 15) is 8.42 Å². The maximum absolute atomic E-state index is 12.5. The summed E-state index contributed by atoms with van der Waals surface area (Å²) >= 11 is 0. The summed E-state index contributed by atoms with van der Waals surface area (Å²) in [7, 11) is -5.67. The molecule has 1 aromatic carbocycles. The van der Waals surface area contributed by atoms with Gasteiger partial charge < -0.3 is 14.4 Å². The Kier molecular flexibility index (Phi) is 11.6. The molecule has 0 aliphatic carbocycles. The minimum atomic E-state index is -3.07. The highest BCUT2D eigenvalue weighted by molar-refractivity contribution is 7.91. The number of anilines is 1. The molecule has 0 saturated carbocycles. The summed E-state index contributed by atoms with van der Waals surface area (Å²) in [5.74, 6) is 1.07. The summed E-state index contributed by atoms with van der Waals surface area (Å²) in [5, 5.41) is 4.93. The molecule has 0 N–H and O–H groups in total. The number of sulfone groups is 1. The molecule has 264 valence electrons. The number of fused-ring (bicyclic) bond motifs is 1. The van der Waals surface area contributed by atoms with Crippen molar-refractivity contribution in [3.63, 3.8) is 0 Å². The van der Waals surface area contributed by atoms with Crippen LogP contribution in [0.5, 0.6) is 0 Å². The van der Waals surface area contributed by atoms with Crippen molar-refractivity contribution in [2.75, 3.05) is 43.1 Å². The molecule has 12 heteroatoms. The zero-order valence-electron chi connectivity index (χ0n) is 30.3. The lowest BCUT2D eigenvalue weighted by molar-refractivity contribution is 0.0942. The lowest BCUT2D eigenvalue weighted by Crippen LogP contribution is -2.34. The van der Waals surface area contributed by atoms with E-state index in [4.69, 9.17) is 24.5 Å². The van der Waals surface area contributed by atoms with Gasteiger partial charge in [-0.1, -0.05) is 82.3 Å². The van der Waals surface area contributed by atoms with Crippen molar-refractivity contribution in [3.05, 3.63) is 72.7 Å². The van der Waals surface area contributed by atoms with E-state index in [2.05, 4.69) is 56.8 Å². The molecule has 5 rings (SSSR count). The summed E-state index contributed by atoms with van der Waals surface area (Å²) in [4.78, 5) is 12.2. The van der Waals surface area contributed by atoms with Gasteiger partial charge >= 0.3 is 0 Å². The van der Waals surface area contributed by atoms with Crippen LogP contribution in [0, 0.1) is 0 Å². The molecule has 0 amide bonds. The molecule has 0 unspecified atom stereocenters. The highest BCUT2D eigenvalue weighted by Crippen LogP contribution is 2.40. The van der Waals surface area contributed by atoms with E-state index in [1.807, 2.05) is 60.2 Å². The molecule has 1 saturated heterocycles. The number of aromatic nitrogens is 4. The average Bonchev–Trinajstić information content (AvgIpc) is 3.46. The van der Waals surface area contributed by atoms with E-state index >= 15 is 0 Å². The van der Waals surface area contributed by atoms with Gasteiger partial charge in [0.05, 0.1) is 29.1 Å². The number of rotatable bonds is 15. The first-order chi connectivity index (χ1) is 23.1. The second-order valence-corrected chi connectivity index (χ2v) is 29.3. The van der Waals surface area contributed by atoms with Crippen LogP contribution in [-0.4, -0.2) is 82.3 Å². The van der Waals surface area contributed by atoms with Gasteiger partial charge in [-0.25, -0.2) is 13.4 Å². The molecule has 0 atom stereocenters. The molecule has 4 heterocycles. The van der Waals surface area contributed by atoms with E-state index in [-0.39, 0.29) is 17.4 Å². The van der Waals surface area contributed by atoms with E-state index in [1.54, 1.807) is 0 Å². The van der Waals surface area contributed by atoms with Crippen LogP contribution in [-0.2, 0) is 19.3 Å². The van der Waals surface area contributed by atoms with E-state index < -0.39 is 26.0 Å². The zero-order valence-corrected chi connectivity index (χ0v) is 33.1. The SMILES string of the molecule is C=C(C)c1c(C2CCS(=O)(=O)CC2)nc2c(-c3ccc(-c4ccccc4)nc3)cnn2c1N(COCC[Si](C)(C)C)COCC[Si](C)(C)C. The van der Waals surface area contributed by atoms with E-state index in [0.717, 1.165) is 57.1 Å². The molecule has 1 fully saturated rings. The van der Waals surface area contributed by atoms with Gasteiger partial charge in [0.1, 0.15) is 29.1 Å². The molecule has 4 aromatic rings. The number of ether oxygens (including phenoxy) is 2. The summed E-state index contributed by atoms with van der Waals surface area (Å²) in [6, 6.07) is 16.3. The highest BCUT2D eigenvalue weighted by atomic mass is 32.2. The van der Waals surface area contributed by atoms with Gasteiger partial charge in [0.25, 0.3) is 0 Å². The first-order valence-electron chi connectivity index (χ1n) is 17.3. The monoisotopic (exact) mass is 719 g/mol. The predicted octanol–water partition coefficient (Wildman–Crippen LogP) is 8.21. The van der Waals surface area contributed by atoms with Crippen LogP contribution in [0.25, 0.3) is 33.6 Å². The van der Waals surface area contributed by atoms with Gasteiger partial charge in [0.15, 0.2) is 5.65 Å². The van der Waals surface area contributed by atoms with Crippen LogP contribution in [0.3, 0.4) is 0 Å². The predicted molar refractivity (Wildman–Crippen MR) is 207 cm³/mol. The Morgan fingerprint density at radius 3 is 2.04 bits per heavy atom. The second-order valence-electron chi connectivity index (χ2n) is 15.7. The minimum absolute atomic E-state index is 0.0391. The van der Waals surface area contributed by atoms with Gasteiger partial charge in [0, 0.05) is 63.7 Å². The van der Waals surface area contributed by atoms with Crippen LogP contribution in [0.2, 0.25) is 51.4 Å². The molecule has 9 nitrogen and oxygen atoms in total. The maximum Gasteiger partial charge on any atom is 0.165 e. The standard InChI is InChI=1S/C37H53N5O4SSi2/c1-28(2)34-35(30-16-20-47(43,44)21-17-30)40-36-32(31-14-15-33(38-24-31)29-12-10-9-11-13-29)25-39-42(36)37(34)41(26-45-18-22-48(3,4)5)27-46-19-23-49(6,7)8/h9-15,24-25,30H,1,16-23,26-27H2,2-8H3. The number of hydrogen-bond acceptors (Lipinski definition) is 8. The van der Waals surface area contributed by atoms with Gasteiger partial charge in [-0.15, -0.1) is 0 Å². The maximum atomic E-state index is 12.5. The molecule has 3 aromatic heterocycles. The average molecular weight is 720 g/mol. The third-order valence-corrected chi connectivity index (χ3v) is 14.1. The van der Waals surface area contributed by atoms with Crippen molar-refractivity contribution >= 4 is 43.0 Å². The van der Waals surface area contributed by atoms with E-state index in [1.165, 1.54) is 0 Å². The second kappa shape index (κ2) is 15.4. The number of benzene rings is 1. The number of hydrogen-bond donors (Lipinski definition) is 0. The summed E-state index contributed by atoms with van der Waals surface area (Å²) in [5.41, 5.74) is 6.96. The first-order valence-corrected chi connectivity index (χ1v) is 26.6. The van der Waals surface area contributed by atoms with Crippen LogP contribution in [0.4, 0.5) is 5.82 Å². The third kappa shape index (κ3) is 9.75. The molecule has 0 spiro atoms. The Morgan fingerprint density at radius 1 is 0.898 bits per heavy atom. The summed E-state index contributed by atoms with van der Waals surface area (Å²) in [6.07, 6.45) is 4.75. The molecule has 0 bridgehead atoms. The summed E-state index contributed by atoms with van der Waals surface area (Å²) in [6.45, 7) is 22.5. The van der Waals surface area contributed by atoms with Gasteiger partial charge in [-0.2, -0.15) is 9.61 Å². The summed E-state index contributed by atoms with van der Waals surface area (Å²) < 4.78 is 39.6. The molecule has 1 aliphatic heterocycles. The van der Waals surface area contributed by atoms with Crippen molar-refractivity contribution in [2.24, 2.45) is 0 Å². The number of pyridine rings is 1. The molecule has 1 aliphatic rings. The Balaban J connectivity index is 1.62. The Labute approximate surface area is 294 Å². The fourth-order valence-electron chi connectivity index (χ4n) is 5.96. The third-order valence-electron chi connectivity index (χ3n) is 8.95. The Hall–Kier alpha value is -3.17. The molecular formula is C37H53N5O4SSi2. The number of nitrogens with zero attached hydrogens (tertiary/aromatic N) is 5. The molecular weight excluding hydrogens is 667 g/mol. The largest absolute Gasteiger partial charge is 0.361 e. The fourth-order valence-corrected chi connectivity index (χ4v) is 8.96. The lowest BCUT2D eigenvalue weighted by atomic mass is 9.92. The zero-order chi connectivity index (χ0) is 35.4. The fraction of sp³-hybridized carbons (Fsp3) is 0.486. The lowest BCUT2D eigenvalue weighted by Gasteiger charge is -2.31. The van der Waals surface area contributed by atoms with Crippen molar-refractivity contribution in [3.8, 4) is 22.4 Å². The van der Waals surface area contributed by atoms with Crippen LogP contribution >= 0.6 is 0 Å². The van der Waals surface area contributed by atoms with Crippen molar-refractivity contribution in [1.29, 1.82) is 0 Å². The van der Waals surface area contributed by atoms with Crippen LogP contribution < -0.4 is 4.90 Å². The van der Waals surface area contributed by atoms with Gasteiger partial charge in [-0.05, 0) is 43.5 Å². The topological polar surface area (TPSA) is 98.9 Å². The molecule has 49 heavy (non-hydrogen) atoms. The Morgan fingerprint density at radius 2 is 1.51 bits per heavy atom. The van der Waals surface area contributed by atoms with Gasteiger partial charge in [-0.3, -0.25) is 4.98 Å². The van der Waals surface area contributed by atoms with E-state index in [0.29, 0.717) is 45.2 Å².